The van der Waals surface area contributed by atoms with Crippen molar-refractivity contribution in [3.63, 3.8) is 0 Å². The number of aryl methyl sites for hydroxylation is 1. The van der Waals surface area contributed by atoms with Gasteiger partial charge in [0.15, 0.2) is 0 Å². The van der Waals surface area contributed by atoms with E-state index in [9.17, 15) is 20.0 Å². The molecule has 2 amide bonds. The Labute approximate surface area is 133 Å². The van der Waals surface area contributed by atoms with Crippen LogP contribution in [-0.4, -0.2) is 22.6 Å². The molecule has 0 fully saturated rings. The summed E-state index contributed by atoms with van der Waals surface area (Å²) in [5.74, 6) is 0. The summed E-state index contributed by atoms with van der Waals surface area (Å²) in [5.41, 5.74) is 1.73. The van der Waals surface area contributed by atoms with E-state index in [1.165, 1.54) is 18.2 Å². The number of hydrogen-bond donors (Lipinski definition) is 3. The maximum atomic E-state index is 11.9. The Hall–Kier alpha value is -2.93. The second kappa shape index (κ2) is 7.37. The SMILES string of the molecule is Cc1cc([N+](=O)[O-])ccc1NC(=O)NCC(O)c1ccccc1. The van der Waals surface area contributed by atoms with E-state index in [2.05, 4.69) is 10.6 Å². The van der Waals surface area contributed by atoms with Gasteiger partial charge < -0.3 is 15.7 Å². The number of nitro benzene ring substituents is 1. The minimum absolute atomic E-state index is 0.0343. The summed E-state index contributed by atoms with van der Waals surface area (Å²) >= 11 is 0. The molecule has 0 aromatic heterocycles. The normalized spacial score (nSPS) is 11.6. The zero-order valence-corrected chi connectivity index (χ0v) is 12.5. The lowest BCUT2D eigenvalue weighted by atomic mass is 10.1. The van der Waals surface area contributed by atoms with Gasteiger partial charge in [-0.3, -0.25) is 10.1 Å². The van der Waals surface area contributed by atoms with Crippen molar-refractivity contribution in [3.8, 4) is 0 Å². The first-order valence-corrected chi connectivity index (χ1v) is 7.00. The second-order valence-corrected chi connectivity index (χ2v) is 5.02. The van der Waals surface area contributed by atoms with Crippen LogP contribution in [-0.2, 0) is 0 Å². The fourth-order valence-corrected chi connectivity index (χ4v) is 2.05. The third kappa shape index (κ3) is 4.52. The van der Waals surface area contributed by atoms with Crippen molar-refractivity contribution < 1.29 is 14.8 Å². The van der Waals surface area contributed by atoms with E-state index in [1.807, 2.05) is 6.07 Å². The van der Waals surface area contributed by atoms with Gasteiger partial charge in [-0.25, -0.2) is 4.79 Å². The summed E-state index contributed by atoms with van der Waals surface area (Å²) in [6, 6.07) is 12.7. The molecule has 0 aliphatic rings. The van der Waals surface area contributed by atoms with Crippen molar-refractivity contribution in [3.05, 3.63) is 69.8 Å². The van der Waals surface area contributed by atoms with Crippen LogP contribution >= 0.6 is 0 Å². The summed E-state index contributed by atoms with van der Waals surface area (Å²) in [7, 11) is 0. The van der Waals surface area contributed by atoms with E-state index in [0.717, 1.165) is 0 Å². The van der Waals surface area contributed by atoms with E-state index >= 15 is 0 Å². The lowest BCUT2D eigenvalue weighted by Gasteiger charge is -2.13. The zero-order chi connectivity index (χ0) is 16.8. The Bertz CT molecular complexity index is 704. The predicted octanol–water partition coefficient (Wildman–Crippen LogP) is 2.76. The smallest absolute Gasteiger partial charge is 0.319 e. The molecule has 2 rings (SSSR count). The van der Waals surface area contributed by atoms with Crippen molar-refractivity contribution >= 4 is 17.4 Å². The van der Waals surface area contributed by atoms with E-state index in [0.29, 0.717) is 16.8 Å². The number of nitro groups is 1. The van der Waals surface area contributed by atoms with Gasteiger partial charge in [0, 0.05) is 24.4 Å². The first kappa shape index (κ1) is 16.4. The van der Waals surface area contributed by atoms with E-state index in [-0.39, 0.29) is 12.2 Å². The number of carbonyl (C=O) groups excluding carboxylic acids is 1. The number of carbonyl (C=O) groups is 1. The van der Waals surface area contributed by atoms with Gasteiger partial charge in [0.25, 0.3) is 5.69 Å². The van der Waals surface area contributed by atoms with Gasteiger partial charge in [-0.2, -0.15) is 0 Å². The van der Waals surface area contributed by atoms with Crippen molar-refractivity contribution in [2.24, 2.45) is 0 Å². The Balaban J connectivity index is 1.91. The van der Waals surface area contributed by atoms with Crippen molar-refractivity contribution in [1.82, 2.24) is 5.32 Å². The molecule has 2 aromatic rings. The Morgan fingerprint density at radius 3 is 2.57 bits per heavy atom. The zero-order valence-electron chi connectivity index (χ0n) is 12.5. The second-order valence-electron chi connectivity index (χ2n) is 5.02. The van der Waals surface area contributed by atoms with Crippen LogP contribution in [0.1, 0.15) is 17.2 Å². The van der Waals surface area contributed by atoms with E-state index < -0.39 is 17.1 Å². The molecule has 7 nitrogen and oxygen atoms in total. The van der Waals surface area contributed by atoms with Gasteiger partial charge in [-0.15, -0.1) is 0 Å². The number of urea groups is 1. The molecule has 0 bridgehead atoms. The molecule has 0 heterocycles. The van der Waals surface area contributed by atoms with E-state index in [1.54, 1.807) is 31.2 Å². The Morgan fingerprint density at radius 2 is 1.96 bits per heavy atom. The molecule has 0 spiro atoms. The maximum Gasteiger partial charge on any atom is 0.319 e. The molecule has 1 unspecified atom stereocenters. The fraction of sp³-hybridized carbons (Fsp3) is 0.188. The van der Waals surface area contributed by atoms with Crippen LogP contribution in [0, 0.1) is 17.0 Å². The third-order valence-electron chi connectivity index (χ3n) is 3.31. The van der Waals surface area contributed by atoms with Gasteiger partial charge >= 0.3 is 6.03 Å². The Kier molecular flexibility index (Phi) is 5.27. The number of aliphatic hydroxyl groups is 1. The minimum atomic E-state index is -0.806. The molecule has 0 radical (unpaired) electrons. The average Bonchev–Trinajstić information content (AvgIpc) is 2.55. The molecule has 0 aliphatic carbocycles. The van der Waals surface area contributed by atoms with Gasteiger partial charge in [0.2, 0.25) is 0 Å². The number of amides is 2. The number of aliphatic hydroxyl groups excluding tert-OH is 1. The Morgan fingerprint density at radius 1 is 1.26 bits per heavy atom. The molecule has 23 heavy (non-hydrogen) atoms. The maximum absolute atomic E-state index is 11.9. The molecule has 3 N–H and O–H groups in total. The first-order chi connectivity index (χ1) is 11.0. The molecule has 1 atom stereocenters. The van der Waals surface area contributed by atoms with Gasteiger partial charge in [-0.05, 0) is 24.1 Å². The fourth-order valence-electron chi connectivity index (χ4n) is 2.05. The van der Waals surface area contributed by atoms with Crippen LogP contribution < -0.4 is 10.6 Å². The highest BCUT2D eigenvalue weighted by Crippen LogP contribution is 2.21. The topological polar surface area (TPSA) is 105 Å². The number of hydrogen-bond acceptors (Lipinski definition) is 4. The first-order valence-electron chi connectivity index (χ1n) is 7.00. The molecular weight excluding hydrogens is 298 g/mol. The van der Waals surface area contributed by atoms with Gasteiger partial charge in [0.1, 0.15) is 0 Å². The highest BCUT2D eigenvalue weighted by atomic mass is 16.6. The number of anilines is 1. The lowest BCUT2D eigenvalue weighted by Crippen LogP contribution is -2.32. The van der Waals surface area contributed by atoms with E-state index in [4.69, 9.17) is 0 Å². The standard InChI is InChI=1S/C16H17N3O4/c1-11-9-13(19(22)23)7-8-14(11)18-16(21)17-10-15(20)12-5-3-2-4-6-12/h2-9,15,20H,10H2,1H3,(H2,17,18,21). The van der Waals surface area contributed by atoms with Crippen molar-refractivity contribution in [2.75, 3.05) is 11.9 Å². The van der Waals surface area contributed by atoms with Crippen LogP contribution in [0.4, 0.5) is 16.2 Å². The molecule has 120 valence electrons. The lowest BCUT2D eigenvalue weighted by molar-refractivity contribution is -0.384. The highest BCUT2D eigenvalue weighted by Gasteiger charge is 2.12. The summed E-state index contributed by atoms with van der Waals surface area (Å²) in [4.78, 5) is 22.0. The summed E-state index contributed by atoms with van der Waals surface area (Å²) in [6.07, 6.45) is -0.806. The van der Waals surface area contributed by atoms with Crippen LogP contribution in [0.3, 0.4) is 0 Å². The van der Waals surface area contributed by atoms with Crippen molar-refractivity contribution in [2.45, 2.75) is 13.0 Å². The molecule has 0 saturated carbocycles. The monoisotopic (exact) mass is 315 g/mol. The van der Waals surface area contributed by atoms with Crippen LogP contribution in [0.15, 0.2) is 48.5 Å². The van der Waals surface area contributed by atoms with Crippen LogP contribution in [0.5, 0.6) is 0 Å². The average molecular weight is 315 g/mol. The predicted molar refractivity (Wildman–Crippen MR) is 86.3 cm³/mol. The quantitative estimate of drug-likeness (QED) is 0.583. The number of non-ortho nitro benzene ring substituents is 1. The van der Waals surface area contributed by atoms with Crippen molar-refractivity contribution in [1.29, 1.82) is 0 Å². The third-order valence-corrected chi connectivity index (χ3v) is 3.31. The summed E-state index contributed by atoms with van der Waals surface area (Å²) in [5, 5.41) is 25.8. The molecule has 0 saturated heterocycles. The largest absolute Gasteiger partial charge is 0.387 e. The summed E-state index contributed by atoms with van der Waals surface area (Å²) in [6.45, 7) is 1.73. The van der Waals surface area contributed by atoms with Crippen LogP contribution in [0.2, 0.25) is 0 Å². The number of rotatable bonds is 5. The van der Waals surface area contributed by atoms with Gasteiger partial charge in [0.05, 0.1) is 11.0 Å². The molecule has 7 heteroatoms. The molecular formula is C16H17N3O4. The summed E-state index contributed by atoms with van der Waals surface area (Å²) < 4.78 is 0. The minimum Gasteiger partial charge on any atom is -0.387 e. The van der Waals surface area contributed by atoms with Crippen LogP contribution in [0.25, 0.3) is 0 Å². The number of nitrogens with one attached hydrogen (secondary N) is 2. The number of benzene rings is 2. The molecule has 2 aromatic carbocycles. The molecule has 0 aliphatic heterocycles. The number of nitrogens with zero attached hydrogens (tertiary/aromatic N) is 1. The van der Waals surface area contributed by atoms with Gasteiger partial charge in [-0.1, -0.05) is 30.3 Å². The highest BCUT2D eigenvalue weighted by molar-refractivity contribution is 5.90.